The highest BCUT2D eigenvalue weighted by Gasteiger charge is 2.29. The van der Waals surface area contributed by atoms with E-state index in [9.17, 15) is 4.79 Å². The number of carbonyl (C=O) groups is 1. The number of benzene rings is 1. The van der Waals surface area contributed by atoms with E-state index in [1.165, 1.54) is 6.20 Å². The average molecular weight is 387 g/mol. The maximum atomic E-state index is 13.3. The summed E-state index contributed by atoms with van der Waals surface area (Å²) >= 11 is 0. The van der Waals surface area contributed by atoms with Crippen LogP contribution in [0, 0.1) is 6.92 Å². The molecule has 29 heavy (non-hydrogen) atoms. The van der Waals surface area contributed by atoms with Crippen LogP contribution in [-0.2, 0) is 6.54 Å². The Bertz CT molecular complexity index is 1180. The number of hydrogen-bond donors (Lipinski definition) is 0. The lowest BCUT2D eigenvalue weighted by Crippen LogP contribution is -2.39. The number of amides is 1. The van der Waals surface area contributed by atoms with Crippen molar-refractivity contribution in [3.8, 4) is 0 Å². The van der Waals surface area contributed by atoms with Gasteiger partial charge in [-0.15, -0.1) is 5.10 Å². The fraction of sp³-hybridized carbons (Fsp3) is 0.333. The molecule has 0 radical (unpaired) electrons. The van der Waals surface area contributed by atoms with Crippen molar-refractivity contribution in [2.75, 3.05) is 0 Å². The third kappa shape index (κ3) is 3.20. The first-order valence-corrected chi connectivity index (χ1v) is 9.88. The molecule has 1 aliphatic carbocycles. The maximum absolute atomic E-state index is 13.3. The Hall–Kier alpha value is -3.42. The van der Waals surface area contributed by atoms with Gasteiger partial charge in [0.15, 0.2) is 5.65 Å². The molecule has 1 fully saturated rings. The molecule has 0 atom stereocenters. The second-order valence-corrected chi connectivity index (χ2v) is 7.61. The molecule has 146 valence electrons. The lowest BCUT2D eigenvalue weighted by atomic mass is 10.1. The molecule has 3 aromatic heterocycles. The van der Waals surface area contributed by atoms with Gasteiger partial charge in [-0.2, -0.15) is 4.52 Å². The Kier molecular flexibility index (Phi) is 4.38. The third-order valence-corrected chi connectivity index (χ3v) is 5.65. The highest BCUT2D eigenvalue weighted by atomic mass is 16.2. The molecule has 8 nitrogen and oxygen atoms in total. The largest absolute Gasteiger partial charge is 0.330 e. The molecule has 3 heterocycles. The van der Waals surface area contributed by atoms with Crippen molar-refractivity contribution in [3.05, 3.63) is 59.7 Å². The first kappa shape index (κ1) is 17.7. The minimum Gasteiger partial charge on any atom is -0.330 e. The summed E-state index contributed by atoms with van der Waals surface area (Å²) in [5, 5.41) is 13.4. The number of rotatable bonds is 4. The Morgan fingerprint density at radius 2 is 2.07 bits per heavy atom. The van der Waals surface area contributed by atoms with Crippen LogP contribution in [0.1, 0.15) is 47.3 Å². The molecule has 4 aromatic rings. The Morgan fingerprint density at radius 1 is 1.21 bits per heavy atom. The number of fused-ring (bicyclic) bond motifs is 3. The summed E-state index contributed by atoms with van der Waals surface area (Å²) in [6.45, 7) is 2.48. The summed E-state index contributed by atoms with van der Waals surface area (Å²) in [6, 6.07) is 8.49. The van der Waals surface area contributed by atoms with Crippen molar-refractivity contribution in [1.82, 2.24) is 34.9 Å². The fourth-order valence-corrected chi connectivity index (χ4v) is 4.20. The van der Waals surface area contributed by atoms with Crippen LogP contribution in [0.5, 0.6) is 0 Å². The summed E-state index contributed by atoms with van der Waals surface area (Å²) < 4.78 is 1.76. The molecule has 1 saturated carbocycles. The summed E-state index contributed by atoms with van der Waals surface area (Å²) in [6.07, 6.45) is 8.93. The molecule has 0 saturated heterocycles. The Balaban J connectivity index is 1.59. The maximum Gasteiger partial charge on any atom is 0.274 e. The van der Waals surface area contributed by atoms with E-state index in [2.05, 4.69) is 49.8 Å². The van der Waals surface area contributed by atoms with Gasteiger partial charge in [0.05, 0.1) is 18.3 Å². The van der Waals surface area contributed by atoms with Crippen molar-refractivity contribution < 1.29 is 4.79 Å². The summed E-state index contributed by atoms with van der Waals surface area (Å²) in [5.74, 6) is -0.0976. The van der Waals surface area contributed by atoms with Crippen LogP contribution in [0.3, 0.4) is 0 Å². The predicted molar refractivity (Wildman–Crippen MR) is 107 cm³/mol. The van der Waals surface area contributed by atoms with E-state index in [1.54, 1.807) is 16.9 Å². The molecule has 8 heteroatoms. The van der Waals surface area contributed by atoms with E-state index >= 15 is 0 Å². The van der Waals surface area contributed by atoms with Crippen molar-refractivity contribution in [1.29, 1.82) is 0 Å². The van der Waals surface area contributed by atoms with Crippen molar-refractivity contribution in [2.45, 2.75) is 45.2 Å². The van der Waals surface area contributed by atoms with Gasteiger partial charge in [-0.3, -0.25) is 9.78 Å². The van der Waals surface area contributed by atoms with Crippen molar-refractivity contribution in [2.24, 2.45) is 0 Å². The Morgan fingerprint density at radius 3 is 2.86 bits per heavy atom. The van der Waals surface area contributed by atoms with Gasteiger partial charge in [0.1, 0.15) is 5.69 Å². The molecule has 0 unspecified atom stereocenters. The van der Waals surface area contributed by atoms with E-state index in [1.807, 2.05) is 11.8 Å². The molecule has 0 aliphatic heterocycles. The molecule has 1 aliphatic rings. The van der Waals surface area contributed by atoms with Crippen LogP contribution in [-0.4, -0.2) is 46.9 Å². The van der Waals surface area contributed by atoms with Crippen molar-refractivity contribution >= 4 is 22.5 Å². The molecule has 0 spiro atoms. The van der Waals surface area contributed by atoms with Gasteiger partial charge in [-0.05, 0) is 47.9 Å². The second-order valence-electron chi connectivity index (χ2n) is 7.61. The van der Waals surface area contributed by atoms with E-state index in [4.69, 9.17) is 0 Å². The van der Waals surface area contributed by atoms with Gasteiger partial charge in [0.25, 0.3) is 5.91 Å². The number of aromatic nitrogens is 6. The molecular weight excluding hydrogens is 366 g/mol. The van der Waals surface area contributed by atoms with Crippen LogP contribution in [0.25, 0.3) is 16.6 Å². The minimum atomic E-state index is -0.0976. The topological polar surface area (TPSA) is 89.2 Å². The lowest BCUT2D eigenvalue weighted by Gasteiger charge is -2.29. The van der Waals surface area contributed by atoms with E-state index in [-0.39, 0.29) is 11.9 Å². The van der Waals surface area contributed by atoms with Gasteiger partial charge < -0.3 is 4.90 Å². The quantitative estimate of drug-likeness (QED) is 0.535. The van der Waals surface area contributed by atoms with Gasteiger partial charge in [-0.25, -0.2) is 4.98 Å². The molecular formula is C21H21N7O. The zero-order chi connectivity index (χ0) is 19.8. The summed E-state index contributed by atoms with van der Waals surface area (Å²) in [4.78, 5) is 23.5. The monoisotopic (exact) mass is 387 g/mol. The van der Waals surface area contributed by atoms with Crippen LogP contribution < -0.4 is 0 Å². The average Bonchev–Trinajstić information content (AvgIpc) is 3.45. The zero-order valence-corrected chi connectivity index (χ0v) is 16.2. The normalized spacial score (nSPS) is 14.7. The Labute approximate surface area is 167 Å². The summed E-state index contributed by atoms with van der Waals surface area (Å²) in [5.41, 5.74) is 4.08. The zero-order valence-electron chi connectivity index (χ0n) is 16.2. The van der Waals surface area contributed by atoms with Crippen molar-refractivity contribution in [3.63, 3.8) is 0 Å². The first-order valence-electron chi connectivity index (χ1n) is 9.88. The van der Waals surface area contributed by atoms with Crippen LogP contribution >= 0.6 is 0 Å². The number of pyridine rings is 1. The predicted octanol–water partition coefficient (Wildman–Crippen LogP) is 2.96. The summed E-state index contributed by atoms with van der Waals surface area (Å²) in [7, 11) is 0. The van der Waals surface area contributed by atoms with E-state index < -0.39 is 0 Å². The highest BCUT2D eigenvalue weighted by Crippen LogP contribution is 2.28. The number of nitrogens with zero attached hydrogens (tertiary/aromatic N) is 7. The SMILES string of the molecule is Cc1ccc2cc(CN(C(=O)c3cnccn3)C3CCCC3)c3nnnn3c2c1. The first-order chi connectivity index (χ1) is 14.2. The number of aryl methyl sites for hydroxylation is 1. The van der Waals surface area contributed by atoms with Gasteiger partial charge in [0.2, 0.25) is 0 Å². The molecule has 5 rings (SSSR count). The van der Waals surface area contributed by atoms with Gasteiger partial charge in [-0.1, -0.05) is 25.0 Å². The van der Waals surface area contributed by atoms with Gasteiger partial charge >= 0.3 is 0 Å². The van der Waals surface area contributed by atoms with E-state index in [0.717, 1.165) is 47.7 Å². The van der Waals surface area contributed by atoms with Gasteiger partial charge in [0, 0.05) is 29.4 Å². The fourth-order valence-electron chi connectivity index (χ4n) is 4.20. The van der Waals surface area contributed by atoms with Crippen LogP contribution in [0.15, 0.2) is 42.9 Å². The number of tetrazole rings is 1. The molecule has 0 N–H and O–H groups in total. The highest BCUT2D eigenvalue weighted by molar-refractivity contribution is 5.92. The molecule has 1 aromatic carbocycles. The number of carbonyl (C=O) groups excluding carboxylic acids is 1. The molecule has 1 amide bonds. The van der Waals surface area contributed by atoms with Crippen LogP contribution in [0.2, 0.25) is 0 Å². The van der Waals surface area contributed by atoms with Crippen LogP contribution in [0.4, 0.5) is 0 Å². The smallest absolute Gasteiger partial charge is 0.274 e. The molecule has 0 bridgehead atoms. The standard InChI is InChI=1S/C21H21N7O/c1-14-6-7-15-11-16(20-24-25-26-28(20)19(15)10-14)13-27(17-4-2-3-5-17)21(29)18-12-22-8-9-23-18/h6-12,17H,2-5,13H2,1H3. The van der Waals surface area contributed by atoms with E-state index in [0.29, 0.717) is 17.9 Å². The second kappa shape index (κ2) is 7.20. The number of hydrogen-bond acceptors (Lipinski definition) is 6. The minimum absolute atomic E-state index is 0.0976. The third-order valence-electron chi connectivity index (χ3n) is 5.65. The lowest BCUT2D eigenvalue weighted by molar-refractivity contribution is 0.0658.